The van der Waals surface area contributed by atoms with Crippen LogP contribution in [-0.4, -0.2) is 76.1 Å². The second-order valence-electron chi connectivity index (χ2n) is 12.0. The van der Waals surface area contributed by atoms with Crippen LogP contribution in [0.15, 0.2) is 73.8 Å². The molecule has 1 spiro atoms. The smallest absolute Gasteiger partial charge is 0.253 e. The minimum atomic E-state index is -1.18. The normalized spacial score (nSPS) is 27.6. The summed E-state index contributed by atoms with van der Waals surface area (Å²) in [6.07, 6.45) is 4.37. The zero-order valence-corrected chi connectivity index (χ0v) is 24.8. The molecule has 0 aromatic heterocycles. The topological polar surface area (TPSA) is 90.4 Å². The number of hydrogen-bond donors (Lipinski definition) is 1. The highest BCUT2D eigenvalue weighted by Gasteiger charge is 2.78. The number of aliphatic hydroxyl groups excluding tert-OH is 1. The molecule has 2 bridgehead atoms. The number of likely N-dealkylation sites (tertiary alicyclic amines) is 1. The van der Waals surface area contributed by atoms with E-state index >= 15 is 0 Å². The van der Waals surface area contributed by atoms with Gasteiger partial charge in [-0.3, -0.25) is 14.4 Å². The van der Waals surface area contributed by atoms with E-state index in [4.69, 9.17) is 4.74 Å². The number of para-hydroxylation sites is 1. The van der Waals surface area contributed by atoms with Crippen molar-refractivity contribution in [2.45, 2.75) is 57.4 Å². The molecule has 3 heterocycles. The van der Waals surface area contributed by atoms with Crippen molar-refractivity contribution in [2.75, 3.05) is 31.1 Å². The number of aliphatic hydroxyl groups is 1. The van der Waals surface area contributed by atoms with E-state index in [-0.39, 0.29) is 37.4 Å². The summed E-state index contributed by atoms with van der Waals surface area (Å²) in [6, 6.07) is 14.6. The van der Waals surface area contributed by atoms with E-state index in [9.17, 15) is 19.5 Å². The Kier molecular flexibility index (Phi) is 8.14. The molecule has 42 heavy (non-hydrogen) atoms. The van der Waals surface area contributed by atoms with Crippen molar-refractivity contribution < 1.29 is 24.2 Å². The van der Waals surface area contributed by atoms with Gasteiger partial charge in [-0.2, -0.15) is 0 Å². The maximum atomic E-state index is 14.7. The van der Waals surface area contributed by atoms with Gasteiger partial charge in [-0.05, 0) is 50.3 Å². The predicted molar refractivity (Wildman–Crippen MR) is 162 cm³/mol. The molecule has 0 radical (unpaired) electrons. The molecular formula is C34H41N3O5. The molecule has 5 atom stereocenters. The van der Waals surface area contributed by atoms with E-state index in [0.29, 0.717) is 25.9 Å². The number of ether oxygens (including phenoxy) is 1. The van der Waals surface area contributed by atoms with Crippen LogP contribution in [0.1, 0.15) is 36.5 Å². The molecular weight excluding hydrogens is 530 g/mol. The van der Waals surface area contributed by atoms with E-state index in [1.165, 1.54) is 4.90 Å². The number of rotatable bonds is 11. The summed E-state index contributed by atoms with van der Waals surface area (Å²) in [5, 5.41) is 10.0. The zero-order chi connectivity index (χ0) is 30.2. The van der Waals surface area contributed by atoms with Gasteiger partial charge in [0.15, 0.2) is 0 Å². The van der Waals surface area contributed by atoms with Gasteiger partial charge < -0.3 is 24.5 Å². The lowest BCUT2D eigenvalue weighted by Crippen LogP contribution is -2.57. The lowest BCUT2D eigenvalue weighted by atomic mass is 9.66. The van der Waals surface area contributed by atoms with E-state index in [1.807, 2.05) is 69.3 Å². The molecule has 222 valence electrons. The second-order valence-corrected chi connectivity index (χ2v) is 12.0. The van der Waals surface area contributed by atoms with Crippen LogP contribution in [0.5, 0.6) is 0 Å². The van der Waals surface area contributed by atoms with Crippen molar-refractivity contribution >= 4 is 23.4 Å². The van der Waals surface area contributed by atoms with E-state index in [1.54, 1.807) is 22.0 Å². The second kappa shape index (κ2) is 11.5. The van der Waals surface area contributed by atoms with Gasteiger partial charge in [0.25, 0.3) is 5.91 Å². The Bertz CT molecular complexity index is 1370. The van der Waals surface area contributed by atoms with Crippen LogP contribution in [0, 0.1) is 25.7 Å². The van der Waals surface area contributed by atoms with Gasteiger partial charge >= 0.3 is 0 Å². The number of amides is 3. The summed E-state index contributed by atoms with van der Waals surface area (Å²) in [7, 11) is 0. The third-order valence-corrected chi connectivity index (χ3v) is 9.28. The van der Waals surface area contributed by atoms with Gasteiger partial charge in [0, 0.05) is 31.9 Å². The van der Waals surface area contributed by atoms with Crippen molar-refractivity contribution in [3.8, 4) is 0 Å². The quantitative estimate of drug-likeness (QED) is 0.415. The highest BCUT2D eigenvalue weighted by Crippen LogP contribution is 2.63. The van der Waals surface area contributed by atoms with Crippen molar-refractivity contribution in [3.05, 3.63) is 90.5 Å². The van der Waals surface area contributed by atoms with Gasteiger partial charge in [-0.25, -0.2) is 0 Å². The van der Waals surface area contributed by atoms with Crippen LogP contribution in [0.3, 0.4) is 0 Å². The molecule has 2 unspecified atom stereocenters. The number of aryl methyl sites for hydroxylation is 2. The summed E-state index contributed by atoms with van der Waals surface area (Å²) in [5.74, 6) is -2.40. The number of nitrogens with zero attached hydrogens (tertiary/aromatic N) is 3. The average Bonchev–Trinajstić information content (AvgIpc) is 3.53. The molecule has 8 nitrogen and oxygen atoms in total. The molecule has 3 fully saturated rings. The first-order valence-corrected chi connectivity index (χ1v) is 14.7. The summed E-state index contributed by atoms with van der Waals surface area (Å²) >= 11 is 0. The molecule has 5 rings (SSSR count). The lowest BCUT2D eigenvalue weighted by molar-refractivity contribution is -0.150. The molecule has 3 aliphatic rings. The first-order chi connectivity index (χ1) is 20.1. The number of benzene rings is 2. The molecule has 8 heteroatoms. The Morgan fingerprint density at radius 1 is 1.02 bits per heavy atom. The van der Waals surface area contributed by atoms with Gasteiger partial charge in [-0.15, -0.1) is 13.2 Å². The number of hydrogen-bond acceptors (Lipinski definition) is 5. The Morgan fingerprint density at radius 3 is 2.31 bits per heavy atom. The van der Waals surface area contributed by atoms with Gasteiger partial charge in [0.2, 0.25) is 11.8 Å². The zero-order valence-electron chi connectivity index (χ0n) is 24.8. The molecule has 2 aromatic carbocycles. The van der Waals surface area contributed by atoms with Crippen LogP contribution in [0.2, 0.25) is 0 Å². The lowest BCUT2D eigenvalue weighted by Gasteiger charge is -2.37. The van der Waals surface area contributed by atoms with Crippen LogP contribution in [0.4, 0.5) is 5.69 Å². The number of carbonyl (C=O) groups excluding carboxylic acids is 3. The fourth-order valence-electron chi connectivity index (χ4n) is 7.62. The molecule has 3 saturated heterocycles. The van der Waals surface area contributed by atoms with Crippen LogP contribution < -0.4 is 4.90 Å². The highest BCUT2D eigenvalue weighted by atomic mass is 16.5. The van der Waals surface area contributed by atoms with E-state index in [2.05, 4.69) is 13.2 Å². The first kappa shape index (κ1) is 29.7. The molecule has 1 N–H and O–H groups in total. The minimum absolute atomic E-state index is 0.0243. The number of fused-ring (bicyclic) bond motifs is 1. The summed E-state index contributed by atoms with van der Waals surface area (Å²) < 4.78 is 6.80. The Labute approximate surface area is 248 Å². The molecule has 2 aromatic rings. The van der Waals surface area contributed by atoms with Crippen LogP contribution >= 0.6 is 0 Å². The van der Waals surface area contributed by atoms with Crippen molar-refractivity contribution in [3.63, 3.8) is 0 Å². The summed E-state index contributed by atoms with van der Waals surface area (Å²) in [6.45, 7) is 14.1. The third kappa shape index (κ3) is 4.67. The summed E-state index contributed by atoms with van der Waals surface area (Å²) in [4.78, 5) is 48.2. The molecule has 3 amide bonds. The van der Waals surface area contributed by atoms with Crippen LogP contribution in [-0.2, 0) is 25.7 Å². The minimum Gasteiger partial charge on any atom is -0.395 e. The Morgan fingerprint density at radius 2 is 1.69 bits per heavy atom. The first-order valence-electron chi connectivity index (χ1n) is 14.7. The third-order valence-electron chi connectivity index (χ3n) is 9.28. The monoisotopic (exact) mass is 571 g/mol. The molecule has 0 aliphatic carbocycles. The number of carbonyl (C=O) groups is 3. The van der Waals surface area contributed by atoms with E-state index < -0.39 is 29.1 Å². The van der Waals surface area contributed by atoms with Gasteiger partial charge in [0.05, 0.1) is 24.0 Å². The molecule has 0 saturated carbocycles. The Balaban J connectivity index is 1.57. The standard InChI is InChI=1S/C34H41N3O5/c1-6-18-35(22-25-14-9-8-10-15-25)30(39)26-27-31(40)37(20-21-38)29(34(27)17-16-33(26,5)42-34)32(41)36(19-7-2)28-23(3)12-11-13-24(28)4/h6-15,26-27,29,38H,1-2,16-22H2,3-5H3/t26-,27-,29?,33+,34?/m0/s1. The van der Waals surface area contributed by atoms with E-state index in [0.717, 1.165) is 22.4 Å². The molecule has 3 aliphatic heterocycles. The van der Waals surface area contributed by atoms with Crippen molar-refractivity contribution in [1.82, 2.24) is 9.80 Å². The average molecular weight is 572 g/mol. The maximum Gasteiger partial charge on any atom is 0.253 e. The predicted octanol–water partition coefficient (Wildman–Crippen LogP) is 3.79. The summed E-state index contributed by atoms with van der Waals surface area (Å²) in [5.41, 5.74) is 1.51. The van der Waals surface area contributed by atoms with Crippen molar-refractivity contribution in [1.29, 1.82) is 0 Å². The van der Waals surface area contributed by atoms with Crippen LogP contribution in [0.25, 0.3) is 0 Å². The van der Waals surface area contributed by atoms with Gasteiger partial charge in [-0.1, -0.05) is 60.7 Å². The Hall–Kier alpha value is -3.75. The maximum absolute atomic E-state index is 14.7. The van der Waals surface area contributed by atoms with Gasteiger partial charge in [0.1, 0.15) is 11.6 Å². The number of β-amino-alcohol motifs (C(OH)–C–C–N with tert-alkyl or cyclic N) is 1. The van der Waals surface area contributed by atoms with Crippen molar-refractivity contribution in [2.24, 2.45) is 11.8 Å². The SMILES string of the molecule is C=CCN(Cc1ccccc1)C(=O)[C@@H]1[C@H]2C(=O)N(CCO)C(C(=O)N(CC=C)c3c(C)cccc3C)C23CC[C@@]1(C)O3. The fraction of sp³-hybridized carbons (Fsp3) is 0.441. The fourth-order valence-corrected chi connectivity index (χ4v) is 7.62. The highest BCUT2D eigenvalue weighted by molar-refractivity contribution is 6.05. The largest absolute Gasteiger partial charge is 0.395 e. The number of anilines is 1.